The average molecular weight is 338 g/mol. The van der Waals surface area contributed by atoms with Crippen molar-refractivity contribution in [2.24, 2.45) is 11.3 Å². The van der Waals surface area contributed by atoms with Crippen LogP contribution in [0.15, 0.2) is 18.2 Å². The van der Waals surface area contributed by atoms with Crippen LogP contribution in [-0.2, 0) is 9.59 Å². The van der Waals surface area contributed by atoms with Crippen molar-refractivity contribution < 1.29 is 23.5 Å². The van der Waals surface area contributed by atoms with Gasteiger partial charge in [-0.3, -0.25) is 14.5 Å². The maximum absolute atomic E-state index is 13.2. The van der Waals surface area contributed by atoms with Crippen molar-refractivity contribution in [2.45, 2.75) is 32.2 Å². The molecule has 2 aliphatic rings. The number of hydrogen-bond acceptors (Lipinski definition) is 3. The highest BCUT2D eigenvalue weighted by molar-refractivity contribution is 5.94. The SMILES string of the molecule is CC(C(=O)Nc1ccc(F)c(F)c1)N1C[C@@H]2CCC[C@@]2(C(=O)O)C1. The number of amides is 1. The van der Waals surface area contributed by atoms with E-state index >= 15 is 0 Å². The number of nitrogens with one attached hydrogen (secondary N) is 1. The molecule has 1 saturated heterocycles. The van der Waals surface area contributed by atoms with Crippen LogP contribution in [0.4, 0.5) is 14.5 Å². The second-order valence-corrected chi connectivity index (χ2v) is 6.77. The molecule has 0 radical (unpaired) electrons. The highest BCUT2D eigenvalue weighted by atomic mass is 19.2. The van der Waals surface area contributed by atoms with Crippen molar-refractivity contribution in [1.82, 2.24) is 4.90 Å². The van der Waals surface area contributed by atoms with Crippen LogP contribution in [0, 0.1) is 23.0 Å². The second kappa shape index (κ2) is 6.12. The number of hydrogen-bond donors (Lipinski definition) is 2. The van der Waals surface area contributed by atoms with Crippen LogP contribution in [0.1, 0.15) is 26.2 Å². The summed E-state index contributed by atoms with van der Waals surface area (Å²) in [6, 6.07) is 2.63. The van der Waals surface area contributed by atoms with E-state index in [9.17, 15) is 23.5 Å². The molecule has 0 bridgehead atoms. The van der Waals surface area contributed by atoms with Crippen LogP contribution in [0.2, 0.25) is 0 Å². The van der Waals surface area contributed by atoms with E-state index in [1.807, 2.05) is 4.90 Å². The number of aliphatic carboxylic acids is 1. The number of rotatable bonds is 4. The van der Waals surface area contributed by atoms with Gasteiger partial charge in [-0.1, -0.05) is 6.42 Å². The number of carbonyl (C=O) groups excluding carboxylic acids is 1. The predicted octanol–water partition coefficient (Wildman–Crippen LogP) is 2.48. The number of benzene rings is 1. The van der Waals surface area contributed by atoms with Gasteiger partial charge in [0.05, 0.1) is 11.5 Å². The summed E-state index contributed by atoms with van der Waals surface area (Å²) in [6.07, 6.45) is 2.40. The Balaban J connectivity index is 1.68. The van der Waals surface area contributed by atoms with Gasteiger partial charge in [-0.25, -0.2) is 8.78 Å². The lowest BCUT2D eigenvalue weighted by Gasteiger charge is -2.26. The van der Waals surface area contributed by atoms with E-state index in [2.05, 4.69) is 5.32 Å². The molecule has 3 rings (SSSR count). The van der Waals surface area contributed by atoms with Gasteiger partial charge in [-0.15, -0.1) is 0 Å². The normalized spacial score (nSPS) is 27.7. The van der Waals surface area contributed by atoms with Crippen molar-refractivity contribution in [2.75, 3.05) is 18.4 Å². The van der Waals surface area contributed by atoms with Crippen LogP contribution < -0.4 is 5.32 Å². The molecule has 7 heteroatoms. The quantitative estimate of drug-likeness (QED) is 0.885. The fraction of sp³-hybridized carbons (Fsp3) is 0.529. The highest BCUT2D eigenvalue weighted by Crippen LogP contribution is 2.49. The molecule has 1 aliphatic heterocycles. The number of carboxylic acid groups (broad SMARTS) is 1. The third kappa shape index (κ3) is 2.77. The molecule has 2 fully saturated rings. The van der Waals surface area contributed by atoms with Gasteiger partial charge >= 0.3 is 5.97 Å². The lowest BCUT2D eigenvalue weighted by Crippen LogP contribution is -2.43. The molecular weight excluding hydrogens is 318 g/mol. The van der Waals surface area contributed by atoms with Crippen LogP contribution in [0.5, 0.6) is 0 Å². The second-order valence-electron chi connectivity index (χ2n) is 6.77. The molecule has 5 nitrogen and oxygen atoms in total. The number of anilines is 1. The summed E-state index contributed by atoms with van der Waals surface area (Å²) in [5, 5.41) is 12.2. The summed E-state index contributed by atoms with van der Waals surface area (Å²) in [6.45, 7) is 2.61. The van der Waals surface area contributed by atoms with Crippen molar-refractivity contribution in [1.29, 1.82) is 0 Å². The van der Waals surface area contributed by atoms with Gasteiger partial charge in [0.25, 0.3) is 0 Å². The molecule has 1 amide bonds. The zero-order valence-electron chi connectivity index (χ0n) is 13.4. The Kier molecular flexibility index (Phi) is 4.29. The Morgan fingerprint density at radius 3 is 2.75 bits per heavy atom. The third-order valence-corrected chi connectivity index (χ3v) is 5.44. The van der Waals surface area contributed by atoms with E-state index in [0.29, 0.717) is 19.5 Å². The maximum Gasteiger partial charge on any atom is 0.311 e. The molecule has 1 aromatic rings. The highest BCUT2D eigenvalue weighted by Gasteiger charge is 2.55. The van der Waals surface area contributed by atoms with E-state index in [1.165, 1.54) is 6.07 Å². The molecule has 130 valence electrons. The number of carbonyl (C=O) groups is 2. The Morgan fingerprint density at radius 1 is 1.38 bits per heavy atom. The predicted molar refractivity (Wildman–Crippen MR) is 83.4 cm³/mol. The fourth-order valence-electron chi connectivity index (χ4n) is 3.96. The van der Waals surface area contributed by atoms with Crippen LogP contribution in [-0.4, -0.2) is 41.0 Å². The van der Waals surface area contributed by atoms with Gasteiger partial charge in [0.2, 0.25) is 5.91 Å². The number of halogens is 2. The van der Waals surface area contributed by atoms with Crippen molar-refractivity contribution in [3.05, 3.63) is 29.8 Å². The zero-order valence-corrected chi connectivity index (χ0v) is 13.4. The third-order valence-electron chi connectivity index (χ3n) is 5.44. The molecule has 1 aliphatic carbocycles. The van der Waals surface area contributed by atoms with Gasteiger partial charge in [0.15, 0.2) is 11.6 Å². The minimum atomic E-state index is -1.03. The molecule has 3 atom stereocenters. The van der Waals surface area contributed by atoms with Crippen molar-refractivity contribution in [3.63, 3.8) is 0 Å². The Labute approximate surface area is 138 Å². The molecular formula is C17H20F2N2O3. The largest absolute Gasteiger partial charge is 0.481 e. The average Bonchev–Trinajstić information content (AvgIpc) is 3.08. The summed E-state index contributed by atoms with van der Waals surface area (Å²) in [7, 11) is 0. The zero-order chi connectivity index (χ0) is 17.5. The first-order valence-corrected chi connectivity index (χ1v) is 8.07. The summed E-state index contributed by atoms with van der Waals surface area (Å²) >= 11 is 0. The summed E-state index contributed by atoms with van der Waals surface area (Å²) in [5.41, 5.74) is -0.575. The molecule has 2 N–H and O–H groups in total. The Hall–Kier alpha value is -2.02. The van der Waals surface area contributed by atoms with E-state index in [4.69, 9.17) is 0 Å². The summed E-state index contributed by atoms with van der Waals surface area (Å²) in [5.74, 6) is -3.09. The first-order chi connectivity index (χ1) is 11.3. The molecule has 0 spiro atoms. The number of carboxylic acids is 1. The van der Waals surface area contributed by atoms with Gasteiger partial charge in [0.1, 0.15) is 0 Å². The van der Waals surface area contributed by atoms with Gasteiger partial charge in [-0.05, 0) is 37.8 Å². The van der Waals surface area contributed by atoms with Gasteiger partial charge in [0, 0.05) is 24.8 Å². The lowest BCUT2D eigenvalue weighted by molar-refractivity contribution is -0.149. The van der Waals surface area contributed by atoms with Crippen molar-refractivity contribution >= 4 is 17.6 Å². The molecule has 0 aromatic heterocycles. The molecule has 1 unspecified atom stereocenters. The first-order valence-electron chi connectivity index (χ1n) is 8.07. The number of likely N-dealkylation sites (tertiary alicyclic amines) is 1. The van der Waals surface area contributed by atoms with E-state index in [0.717, 1.165) is 25.0 Å². The fourth-order valence-corrected chi connectivity index (χ4v) is 3.96. The minimum absolute atomic E-state index is 0.0634. The van der Waals surface area contributed by atoms with Gasteiger partial charge < -0.3 is 10.4 Å². The lowest BCUT2D eigenvalue weighted by atomic mass is 9.81. The standard InChI is InChI=1S/C17H20F2N2O3/c1-10(15(22)20-12-4-5-13(18)14(19)7-12)21-8-11-3-2-6-17(11,9-21)16(23)24/h4-5,7,10-11H,2-3,6,8-9H2,1H3,(H,20,22)(H,23,24)/t10?,11-,17+/m0/s1. The summed E-state index contributed by atoms with van der Waals surface area (Å²) < 4.78 is 26.2. The topological polar surface area (TPSA) is 69.6 Å². The first kappa shape index (κ1) is 16.8. The van der Waals surface area contributed by atoms with E-state index in [-0.39, 0.29) is 17.5 Å². The van der Waals surface area contributed by atoms with Crippen LogP contribution in [0.25, 0.3) is 0 Å². The maximum atomic E-state index is 13.2. The molecule has 1 saturated carbocycles. The molecule has 1 heterocycles. The minimum Gasteiger partial charge on any atom is -0.481 e. The number of nitrogens with zero attached hydrogens (tertiary/aromatic N) is 1. The molecule has 24 heavy (non-hydrogen) atoms. The molecule has 1 aromatic carbocycles. The summed E-state index contributed by atoms with van der Waals surface area (Å²) in [4.78, 5) is 25.9. The van der Waals surface area contributed by atoms with Crippen LogP contribution >= 0.6 is 0 Å². The number of fused-ring (bicyclic) bond motifs is 1. The van der Waals surface area contributed by atoms with Crippen molar-refractivity contribution in [3.8, 4) is 0 Å². The van der Waals surface area contributed by atoms with E-state index in [1.54, 1.807) is 6.92 Å². The van der Waals surface area contributed by atoms with Crippen LogP contribution in [0.3, 0.4) is 0 Å². The monoisotopic (exact) mass is 338 g/mol. The Morgan fingerprint density at radius 2 is 2.12 bits per heavy atom. The van der Waals surface area contributed by atoms with Gasteiger partial charge in [-0.2, -0.15) is 0 Å². The van der Waals surface area contributed by atoms with E-state index < -0.39 is 29.1 Å². The Bertz CT molecular complexity index is 682. The smallest absolute Gasteiger partial charge is 0.311 e.